The van der Waals surface area contributed by atoms with Crippen LogP contribution in [0.25, 0.3) is 0 Å². The van der Waals surface area contributed by atoms with Gasteiger partial charge in [0, 0.05) is 19.6 Å². The predicted molar refractivity (Wildman–Crippen MR) is 71.6 cm³/mol. The second-order valence-electron chi connectivity index (χ2n) is 4.03. The first-order valence-corrected chi connectivity index (χ1v) is 6.13. The van der Waals surface area contributed by atoms with E-state index in [0.29, 0.717) is 16.6 Å². The number of nitrogens with zero attached hydrogens (tertiary/aromatic N) is 1. The molecule has 94 valence electrons. The van der Waals surface area contributed by atoms with Gasteiger partial charge in [-0.1, -0.05) is 29.3 Å². The molecule has 1 aromatic carbocycles. The molecule has 2 amide bonds. The van der Waals surface area contributed by atoms with Crippen LogP contribution >= 0.6 is 23.2 Å². The minimum atomic E-state index is -0.105. The maximum Gasteiger partial charge on any atom is 0.317 e. The molecule has 0 saturated heterocycles. The number of carbonyl (C=O) groups is 1. The van der Waals surface area contributed by atoms with Crippen LogP contribution in [0.1, 0.15) is 19.4 Å². The molecule has 0 aliphatic rings. The number of benzene rings is 1. The molecule has 0 fully saturated rings. The highest BCUT2D eigenvalue weighted by molar-refractivity contribution is 6.42. The Kier molecular flexibility index (Phi) is 5.09. The summed E-state index contributed by atoms with van der Waals surface area (Å²) in [5, 5.41) is 3.64. The maximum atomic E-state index is 11.7. The Morgan fingerprint density at radius 3 is 2.47 bits per heavy atom. The lowest BCUT2D eigenvalue weighted by atomic mass is 10.2. The highest BCUT2D eigenvalue weighted by Gasteiger charge is 2.16. The molecule has 1 rings (SSSR count). The Balaban J connectivity index is 2.86. The zero-order valence-corrected chi connectivity index (χ0v) is 11.6. The smallest absolute Gasteiger partial charge is 0.317 e. The van der Waals surface area contributed by atoms with Crippen molar-refractivity contribution in [2.24, 2.45) is 0 Å². The van der Waals surface area contributed by atoms with Crippen LogP contribution in [0.2, 0.25) is 10.0 Å². The van der Waals surface area contributed by atoms with Gasteiger partial charge in [-0.2, -0.15) is 0 Å². The molecular formula is C12H16Cl2N2O. The van der Waals surface area contributed by atoms with Gasteiger partial charge < -0.3 is 10.2 Å². The number of hydrogen-bond donors (Lipinski definition) is 1. The van der Waals surface area contributed by atoms with Crippen LogP contribution in [0.5, 0.6) is 0 Å². The molecule has 0 spiro atoms. The summed E-state index contributed by atoms with van der Waals surface area (Å²) >= 11 is 11.8. The second kappa shape index (κ2) is 6.12. The first-order valence-electron chi connectivity index (χ1n) is 5.38. The van der Waals surface area contributed by atoms with E-state index in [1.165, 1.54) is 0 Å². The minimum absolute atomic E-state index is 0.105. The van der Waals surface area contributed by atoms with E-state index in [2.05, 4.69) is 5.32 Å². The van der Waals surface area contributed by atoms with Crippen molar-refractivity contribution in [1.29, 1.82) is 0 Å². The average molecular weight is 275 g/mol. The van der Waals surface area contributed by atoms with Crippen LogP contribution in [0.15, 0.2) is 18.2 Å². The molecular weight excluding hydrogens is 259 g/mol. The van der Waals surface area contributed by atoms with Crippen LogP contribution in [0, 0.1) is 0 Å². The third-order valence-electron chi connectivity index (χ3n) is 2.44. The fourth-order valence-corrected chi connectivity index (χ4v) is 1.79. The highest BCUT2D eigenvalue weighted by Crippen LogP contribution is 2.23. The summed E-state index contributed by atoms with van der Waals surface area (Å²) in [6.07, 6.45) is 0. The van der Waals surface area contributed by atoms with Crippen molar-refractivity contribution in [1.82, 2.24) is 10.2 Å². The Morgan fingerprint density at radius 2 is 2.00 bits per heavy atom. The highest BCUT2D eigenvalue weighted by atomic mass is 35.5. The van der Waals surface area contributed by atoms with Gasteiger partial charge in [-0.3, -0.25) is 0 Å². The second-order valence-corrected chi connectivity index (χ2v) is 4.84. The van der Waals surface area contributed by atoms with Gasteiger partial charge in [0.2, 0.25) is 0 Å². The molecule has 17 heavy (non-hydrogen) atoms. The van der Waals surface area contributed by atoms with Crippen molar-refractivity contribution in [3.63, 3.8) is 0 Å². The van der Waals surface area contributed by atoms with Gasteiger partial charge in [-0.05, 0) is 31.5 Å². The van der Waals surface area contributed by atoms with Gasteiger partial charge in [0.05, 0.1) is 10.0 Å². The third kappa shape index (κ3) is 3.79. The van der Waals surface area contributed by atoms with Gasteiger partial charge in [0.15, 0.2) is 0 Å². The number of hydrogen-bond acceptors (Lipinski definition) is 1. The monoisotopic (exact) mass is 274 g/mol. The van der Waals surface area contributed by atoms with E-state index < -0.39 is 0 Å². The quantitative estimate of drug-likeness (QED) is 0.899. The molecule has 1 aromatic rings. The Labute approximate surface area is 112 Å². The SMILES string of the molecule is CNC(=O)N(Cc1ccc(Cl)c(Cl)c1)C(C)C. The molecule has 0 radical (unpaired) electrons. The van der Waals surface area contributed by atoms with Gasteiger partial charge in [-0.25, -0.2) is 4.79 Å². The fraction of sp³-hybridized carbons (Fsp3) is 0.417. The summed E-state index contributed by atoms with van der Waals surface area (Å²) in [7, 11) is 1.62. The van der Waals surface area contributed by atoms with E-state index in [-0.39, 0.29) is 12.1 Å². The lowest BCUT2D eigenvalue weighted by Crippen LogP contribution is -2.41. The van der Waals surface area contributed by atoms with Crippen molar-refractivity contribution in [3.05, 3.63) is 33.8 Å². The average Bonchev–Trinajstić information content (AvgIpc) is 2.29. The number of carbonyl (C=O) groups excluding carboxylic acids is 1. The lowest BCUT2D eigenvalue weighted by Gasteiger charge is -2.26. The number of amides is 2. The molecule has 0 unspecified atom stereocenters. The minimum Gasteiger partial charge on any atom is -0.341 e. The summed E-state index contributed by atoms with van der Waals surface area (Å²) in [5.74, 6) is 0. The van der Waals surface area contributed by atoms with Crippen molar-refractivity contribution in [3.8, 4) is 0 Å². The van der Waals surface area contributed by atoms with Gasteiger partial charge in [-0.15, -0.1) is 0 Å². The molecule has 5 heteroatoms. The number of halogens is 2. The summed E-state index contributed by atoms with van der Waals surface area (Å²) < 4.78 is 0. The first-order chi connectivity index (χ1) is 7.95. The summed E-state index contributed by atoms with van der Waals surface area (Å²) in [6.45, 7) is 4.44. The standard InChI is InChI=1S/C12H16Cl2N2O/c1-8(2)16(12(17)15-3)7-9-4-5-10(13)11(14)6-9/h4-6,8H,7H2,1-3H3,(H,15,17). The van der Waals surface area contributed by atoms with Crippen LogP contribution in [0.4, 0.5) is 4.79 Å². The third-order valence-corrected chi connectivity index (χ3v) is 3.17. The van der Waals surface area contributed by atoms with Crippen LogP contribution in [-0.2, 0) is 6.54 Å². The van der Waals surface area contributed by atoms with Gasteiger partial charge in [0.1, 0.15) is 0 Å². The topological polar surface area (TPSA) is 32.3 Å². The molecule has 0 aliphatic heterocycles. The lowest BCUT2D eigenvalue weighted by molar-refractivity contribution is 0.182. The maximum absolute atomic E-state index is 11.7. The Bertz CT molecular complexity index is 407. The molecule has 0 heterocycles. The number of rotatable bonds is 3. The molecule has 1 N–H and O–H groups in total. The molecule has 0 bridgehead atoms. The van der Waals surface area contributed by atoms with Crippen molar-refractivity contribution >= 4 is 29.2 Å². The zero-order chi connectivity index (χ0) is 13.0. The summed E-state index contributed by atoms with van der Waals surface area (Å²) in [6, 6.07) is 5.39. The predicted octanol–water partition coefficient (Wildman–Crippen LogP) is 3.54. The van der Waals surface area contributed by atoms with E-state index >= 15 is 0 Å². The normalized spacial score (nSPS) is 10.5. The van der Waals surface area contributed by atoms with E-state index in [1.807, 2.05) is 19.9 Å². The van der Waals surface area contributed by atoms with Crippen molar-refractivity contribution < 1.29 is 4.79 Å². The molecule has 0 aliphatic carbocycles. The molecule has 0 aromatic heterocycles. The zero-order valence-electron chi connectivity index (χ0n) is 10.1. The van der Waals surface area contributed by atoms with Gasteiger partial charge >= 0.3 is 6.03 Å². The first kappa shape index (κ1) is 14.1. The number of nitrogens with one attached hydrogen (secondary N) is 1. The summed E-state index contributed by atoms with van der Waals surface area (Å²) in [4.78, 5) is 13.4. The van der Waals surface area contributed by atoms with Crippen LogP contribution in [0.3, 0.4) is 0 Å². The van der Waals surface area contributed by atoms with E-state index in [4.69, 9.17) is 23.2 Å². The van der Waals surface area contributed by atoms with E-state index in [0.717, 1.165) is 5.56 Å². The van der Waals surface area contributed by atoms with Crippen molar-refractivity contribution in [2.45, 2.75) is 26.4 Å². The molecule has 3 nitrogen and oxygen atoms in total. The molecule has 0 atom stereocenters. The van der Waals surface area contributed by atoms with E-state index in [1.54, 1.807) is 24.1 Å². The van der Waals surface area contributed by atoms with Gasteiger partial charge in [0.25, 0.3) is 0 Å². The summed E-state index contributed by atoms with van der Waals surface area (Å²) in [5.41, 5.74) is 0.955. The van der Waals surface area contributed by atoms with E-state index in [9.17, 15) is 4.79 Å². The van der Waals surface area contributed by atoms with Crippen LogP contribution in [-0.4, -0.2) is 24.0 Å². The number of urea groups is 1. The Morgan fingerprint density at radius 1 is 1.35 bits per heavy atom. The molecule has 0 saturated carbocycles. The fourth-order valence-electron chi connectivity index (χ4n) is 1.47. The largest absolute Gasteiger partial charge is 0.341 e. The van der Waals surface area contributed by atoms with Crippen molar-refractivity contribution in [2.75, 3.05) is 7.05 Å². The Hall–Kier alpha value is -0.930. The van der Waals surface area contributed by atoms with Crippen LogP contribution < -0.4 is 5.32 Å².